The minimum Gasteiger partial charge on any atom is -0.349 e. The fourth-order valence-electron chi connectivity index (χ4n) is 2.31. The summed E-state index contributed by atoms with van der Waals surface area (Å²) in [4.78, 5) is 11.8. The van der Waals surface area contributed by atoms with Crippen LogP contribution in [-0.2, 0) is 4.79 Å². The van der Waals surface area contributed by atoms with Crippen LogP contribution in [0.3, 0.4) is 0 Å². The van der Waals surface area contributed by atoms with E-state index in [2.05, 4.69) is 5.32 Å². The van der Waals surface area contributed by atoms with Gasteiger partial charge in [-0.3, -0.25) is 4.79 Å². The van der Waals surface area contributed by atoms with Gasteiger partial charge in [0.25, 0.3) is 0 Å². The molecule has 0 radical (unpaired) electrons. The summed E-state index contributed by atoms with van der Waals surface area (Å²) in [6, 6.07) is 0. The Morgan fingerprint density at radius 3 is 2.35 bits per heavy atom. The minimum absolute atomic E-state index is 0.0828. The summed E-state index contributed by atoms with van der Waals surface area (Å²) in [5, 5.41) is 2.93. The van der Waals surface area contributed by atoms with Crippen LogP contribution in [0.5, 0.6) is 0 Å². The lowest BCUT2D eigenvalue weighted by Gasteiger charge is -2.27. The van der Waals surface area contributed by atoms with Crippen molar-refractivity contribution in [2.75, 3.05) is 11.8 Å². The van der Waals surface area contributed by atoms with Crippen LogP contribution in [0.1, 0.15) is 51.9 Å². The van der Waals surface area contributed by atoms with Gasteiger partial charge in [-0.05, 0) is 19.3 Å². The van der Waals surface area contributed by atoms with E-state index in [4.69, 9.17) is 23.2 Å². The molecule has 0 unspecified atom stereocenters. The van der Waals surface area contributed by atoms with Gasteiger partial charge in [-0.2, -0.15) is 0 Å². The first kappa shape index (κ1) is 15.1. The van der Waals surface area contributed by atoms with Gasteiger partial charge in [-0.1, -0.05) is 32.1 Å². The number of nitrogens with one attached hydrogen (secondary N) is 1. The van der Waals surface area contributed by atoms with Crippen molar-refractivity contribution in [3.63, 3.8) is 0 Å². The minimum atomic E-state index is -0.466. The molecule has 0 aromatic rings. The van der Waals surface area contributed by atoms with Gasteiger partial charge in [0.15, 0.2) is 0 Å². The molecule has 0 aromatic carbocycles. The summed E-state index contributed by atoms with van der Waals surface area (Å²) in [6.07, 6.45) is 8.20. The molecule has 4 heteroatoms. The number of carbonyl (C=O) groups excluding carboxylic acids is 1. The zero-order valence-electron chi connectivity index (χ0n) is 10.6. The molecule has 17 heavy (non-hydrogen) atoms. The summed E-state index contributed by atoms with van der Waals surface area (Å²) >= 11 is 11.6. The topological polar surface area (TPSA) is 29.1 Å². The first-order valence-electron chi connectivity index (χ1n) is 6.52. The van der Waals surface area contributed by atoms with Crippen LogP contribution in [-0.4, -0.2) is 23.2 Å². The van der Waals surface area contributed by atoms with Crippen molar-refractivity contribution in [1.29, 1.82) is 0 Å². The quantitative estimate of drug-likeness (QED) is 0.738. The highest BCUT2D eigenvalue weighted by Crippen LogP contribution is 2.27. The van der Waals surface area contributed by atoms with Crippen molar-refractivity contribution in [3.05, 3.63) is 0 Å². The van der Waals surface area contributed by atoms with Crippen molar-refractivity contribution in [1.82, 2.24) is 5.32 Å². The van der Waals surface area contributed by atoms with E-state index in [0.717, 1.165) is 12.3 Å². The summed E-state index contributed by atoms with van der Waals surface area (Å²) in [7, 11) is 0. The van der Waals surface area contributed by atoms with Crippen molar-refractivity contribution in [2.45, 2.75) is 57.4 Å². The standard InChI is InChI=1S/C13H23Cl2NO/c1-13(9-14,10-15)16-12(17)8-7-11-5-3-2-4-6-11/h11H,2-10H2,1H3,(H,16,17). The zero-order valence-corrected chi connectivity index (χ0v) is 12.1. The van der Waals surface area contributed by atoms with Crippen LogP contribution in [0.2, 0.25) is 0 Å². The van der Waals surface area contributed by atoms with Crippen molar-refractivity contribution >= 4 is 29.1 Å². The molecule has 1 rings (SSSR count). The third-order valence-corrected chi connectivity index (χ3v) is 4.72. The first-order valence-corrected chi connectivity index (χ1v) is 7.59. The summed E-state index contributed by atoms with van der Waals surface area (Å²) in [5.74, 6) is 1.53. The number of alkyl halides is 2. The highest BCUT2D eigenvalue weighted by Gasteiger charge is 2.24. The van der Waals surface area contributed by atoms with E-state index in [1.54, 1.807) is 0 Å². The fourth-order valence-corrected chi connectivity index (χ4v) is 2.73. The first-order chi connectivity index (χ1) is 8.09. The van der Waals surface area contributed by atoms with E-state index in [1.807, 2.05) is 6.92 Å². The second-order valence-corrected chi connectivity index (χ2v) is 5.95. The number of halogens is 2. The molecule has 2 nitrogen and oxygen atoms in total. The summed E-state index contributed by atoms with van der Waals surface area (Å²) in [6.45, 7) is 1.88. The Balaban J connectivity index is 2.24. The molecule has 1 amide bonds. The monoisotopic (exact) mass is 279 g/mol. The van der Waals surface area contributed by atoms with Crippen LogP contribution in [0, 0.1) is 5.92 Å². The van der Waals surface area contributed by atoms with Gasteiger partial charge in [0.2, 0.25) is 5.91 Å². The van der Waals surface area contributed by atoms with Crippen LogP contribution in [0.25, 0.3) is 0 Å². The molecule has 1 aliphatic rings. The van der Waals surface area contributed by atoms with Crippen LogP contribution in [0.15, 0.2) is 0 Å². The predicted molar refractivity (Wildman–Crippen MR) is 73.8 cm³/mol. The van der Waals surface area contributed by atoms with E-state index >= 15 is 0 Å². The molecule has 1 aliphatic carbocycles. The fraction of sp³-hybridized carbons (Fsp3) is 0.923. The number of rotatable bonds is 6. The third kappa shape index (κ3) is 5.48. The SMILES string of the molecule is CC(CCl)(CCl)NC(=O)CCC1CCCCC1. The van der Waals surface area contributed by atoms with Crippen molar-refractivity contribution < 1.29 is 4.79 Å². The zero-order chi connectivity index (χ0) is 12.7. The summed E-state index contributed by atoms with van der Waals surface area (Å²) in [5.41, 5.74) is -0.466. The van der Waals surface area contributed by atoms with E-state index in [9.17, 15) is 4.79 Å². The second-order valence-electron chi connectivity index (χ2n) is 5.42. The lowest BCUT2D eigenvalue weighted by molar-refractivity contribution is -0.122. The number of hydrogen-bond donors (Lipinski definition) is 1. The molecule has 1 N–H and O–H groups in total. The van der Waals surface area contributed by atoms with Crippen LogP contribution in [0.4, 0.5) is 0 Å². The molecule has 0 aliphatic heterocycles. The number of hydrogen-bond acceptors (Lipinski definition) is 1. The maximum absolute atomic E-state index is 11.8. The van der Waals surface area contributed by atoms with Gasteiger partial charge < -0.3 is 5.32 Å². The molecular weight excluding hydrogens is 257 g/mol. The van der Waals surface area contributed by atoms with Gasteiger partial charge in [-0.15, -0.1) is 23.2 Å². The smallest absolute Gasteiger partial charge is 0.220 e. The molecule has 100 valence electrons. The Bertz CT molecular complexity index is 236. The predicted octanol–water partition coefficient (Wildman–Crippen LogP) is 3.70. The average molecular weight is 280 g/mol. The number of amides is 1. The van der Waals surface area contributed by atoms with E-state index in [0.29, 0.717) is 18.2 Å². The van der Waals surface area contributed by atoms with Gasteiger partial charge in [0, 0.05) is 18.2 Å². The second kappa shape index (κ2) is 7.48. The van der Waals surface area contributed by atoms with Crippen LogP contribution < -0.4 is 5.32 Å². The maximum atomic E-state index is 11.8. The van der Waals surface area contributed by atoms with E-state index in [1.165, 1.54) is 32.1 Å². The van der Waals surface area contributed by atoms with Gasteiger partial charge >= 0.3 is 0 Å². The molecule has 0 saturated heterocycles. The molecule has 0 aromatic heterocycles. The van der Waals surface area contributed by atoms with Gasteiger partial charge in [0.1, 0.15) is 0 Å². The summed E-state index contributed by atoms with van der Waals surface area (Å²) < 4.78 is 0. The average Bonchev–Trinajstić information content (AvgIpc) is 2.37. The molecule has 0 bridgehead atoms. The Morgan fingerprint density at radius 1 is 1.24 bits per heavy atom. The normalized spacial score (nSPS) is 18.1. The third-order valence-electron chi connectivity index (χ3n) is 3.54. The Labute approximate surface area is 114 Å². The van der Waals surface area contributed by atoms with Gasteiger partial charge in [-0.25, -0.2) is 0 Å². The van der Waals surface area contributed by atoms with Crippen LogP contribution >= 0.6 is 23.2 Å². The largest absolute Gasteiger partial charge is 0.349 e. The molecule has 0 heterocycles. The highest BCUT2D eigenvalue weighted by atomic mass is 35.5. The molecule has 0 atom stereocenters. The Hall–Kier alpha value is 0.0500. The number of carbonyl (C=O) groups is 1. The van der Waals surface area contributed by atoms with E-state index in [-0.39, 0.29) is 5.91 Å². The van der Waals surface area contributed by atoms with Crippen molar-refractivity contribution in [3.8, 4) is 0 Å². The Kier molecular flexibility index (Phi) is 6.65. The Morgan fingerprint density at radius 2 is 1.82 bits per heavy atom. The van der Waals surface area contributed by atoms with Crippen molar-refractivity contribution in [2.24, 2.45) is 5.92 Å². The highest BCUT2D eigenvalue weighted by molar-refractivity contribution is 6.22. The molecule has 1 fully saturated rings. The molecular formula is C13H23Cl2NO. The molecule has 0 spiro atoms. The maximum Gasteiger partial charge on any atom is 0.220 e. The molecule has 1 saturated carbocycles. The van der Waals surface area contributed by atoms with Gasteiger partial charge in [0.05, 0.1) is 5.54 Å². The van der Waals surface area contributed by atoms with E-state index < -0.39 is 5.54 Å². The lowest BCUT2D eigenvalue weighted by Crippen LogP contribution is -2.49. The lowest BCUT2D eigenvalue weighted by atomic mass is 9.86.